The molecule has 146 valence electrons. The zero-order valence-corrected chi connectivity index (χ0v) is 15.6. The SMILES string of the molecule is O=C(NCc1ccnc(N2CCCC2)c1)c1ccc(NC2CC2)c([N+](=O)[O-])c1. The van der Waals surface area contributed by atoms with Crippen molar-refractivity contribution in [3.8, 4) is 0 Å². The molecule has 2 aromatic rings. The molecule has 1 aromatic carbocycles. The number of pyridine rings is 1. The van der Waals surface area contributed by atoms with Gasteiger partial charge < -0.3 is 15.5 Å². The number of anilines is 2. The van der Waals surface area contributed by atoms with Gasteiger partial charge >= 0.3 is 0 Å². The van der Waals surface area contributed by atoms with Crippen LogP contribution in [0.1, 0.15) is 41.6 Å². The summed E-state index contributed by atoms with van der Waals surface area (Å²) in [4.78, 5) is 30.1. The molecular formula is C20H23N5O3. The van der Waals surface area contributed by atoms with E-state index in [1.165, 1.54) is 18.9 Å². The van der Waals surface area contributed by atoms with Crippen LogP contribution >= 0.6 is 0 Å². The summed E-state index contributed by atoms with van der Waals surface area (Å²) in [6.07, 6.45) is 6.13. The van der Waals surface area contributed by atoms with Gasteiger partial charge in [-0.05, 0) is 55.5 Å². The third kappa shape index (κ3) is 4.21. The summed E-state index contributed by atoms with van der Waals surface area (Å²) >= 11 is 0. The lowest BCUT2D eigenvalue weighted by atomic mass is 10.1. The molecule has 0 unspecified atom stereocenters. The van der Waals surface area contributed by atoms with E-state index >= 15 is 0 Å². The van der Waals surface area contributed by atoms with Crippen LogP contribution in [0.4, 0.5) is 17.2 Å². The number of hydrogen-bond donors (Lipinski definition) is 2. The minimum absolute atomic E-state index is 0.0696. The Kier molecular flexibility index (Phi) is 5.10. The van der Waals surface area contributed by atoms with Crippen molar-refractivity contribution < 1.29 is 9.72 Å². The molecule has 0 bridgehead atoms. The second-order valence-electron chi connectivity index (χ2n) is 7.31. The Hall–Kier alpha value is -3.16. The minimum atomic E-state index is -0.452. The van der Waals surface area contributed by atoms with Crippen LogP contribution in [-0.2, 0) is 6.54 Å². The number of nitrogens with one attached hydrogen (secondary N) is 2. The number of carbonyl (C=O) groups excluding carboxylic acids is 1. The molecule has 1 aliphatic heterocycles. The first-order valence-electron chi connectivity index (χ1n) is 9.63. The summed E-state index contributed by atoms with van der Waals surface area (Å²) in [5.41, 5.74) is 1.63. The number of amides is 1. The average molecular weight is 381 g/mol. The fourth-order valence-corrected chi connectivity index (χ4v) is 3.37. The molecule has 2 fully saturated rings. The first-order chi connectivity index (χ1) is 13.6. The highest BCUT2D eigenvalue weighted by atomic mass is 16.6. The maximum absolute atomic E-state index is 12.5. The molecule has 1 saturated carbocycles. The summed E-state index contributed by atoms with van der Waals surface area (Å²) in [6.45, 7) is 2.36. The number of hydrogen-bond acceptors (Lipinski definition) is 6. The third-order valence-electron chi connectivity index (χ3n) is 5.09. The van der Waals surface area contributed by atoms with Crippen LogP contribution in [0.3, 0.4) is 0 Å². The van der Waals surface area contributed by atoms with E-state index in [2.05, 4.69) is 20.5 Å². The van der Waals surface area contributed by atoms with Crippen molar-refractivity contribution in [3.63, 3.8) is 0 Å². The Labute approximate surface area is 163 Å². The van der Waals surface area contributed by atoms with Gasteiger partial charge in [-0.1, -0.05) is 0 Å². The van der Waals surface area contributed by atoms with Gasteiger partial charge in [0.05, 0.1) is 4.92 Å². The molecule has 4 rings (SSSR count). The van der Waals surface area contributed by atoms with Gasteiger partial charge in [0, 0.05) is 43.5 Å². The number of benzene rings is 1. The standard InChI is InChI=1S/C20H23N5O3/c26-20(15-3-6-17(23-16-4-5-16)18(12-15)25(27)28)22-13-14-7-8-21-19(11-14)24-9-1-2-10-24/h3,6-8,11-12,16,23H,1-2,4-5,9-10,13H2,(H,22,26). The molecule has 0 spiro atoms. The highest BCUT2D eigenvalue weighted by Crippen LogP contribution is 2.31. The fraction of sp³-hybridized carbons (Fsp3) is 0.400. The summed E-state index contributed by atoms with van der Waals surface area (Å²) in [7, 11) is 0. The van der Waals surface area contributed by atoms with Crippen molar-refractivity contribution >= 4 is 23.1 Å². The highest BCUT2D eigenvalue weighted by molar-refractivity contribution is 5.95. The number of nitro benzene ring substituents is 1. The molecule has 2 N–H and O–H groups in total. The molecule has 1 aromatic heterocycles. The Morgan fingerprint density at radius 1 is 1.21 bits per heavy atom. The summed E-state index contributed by atoms with van der Waals surface area (Å²) in [5.74, 6) is 0.594. The molecule has 0 radical (unpaired) electrons. The molecular weight excluding hydrogens is 358 g/mol. The van der Waals surface area contributed by atoms with Crippen LogP contribution in [0.25, 0.3) is 0 Å². The molecule has 2 aliphatic rings. The van der Waals surface area contributed by atoms with Crippen molar-refractivity contribution in [1.29, 1.82) is 0 Å². The van der Waals surface area contributed by atoms with Crippen molar-refractivity contribution in [2.45, 2.75) is 38.3 Å². The molecule has 1 saturated heterocycles. The number of rotatable bonds is 7. The van der Waals surface area contributed by atoms with Gasteiger partial charge in [-0.2, -0.15) is 0 Å². The van der Waals surface area contributed by atoms with Crippen molar-refractivity contribution in [1.82, 2.24) is 10.3 Å². The van der Waals surface area contributed by atoms with Gasteiger partial charge in [-0.15, -0.1) is 0 Å². The fourth-order valence-electron chi connectivity index (χ4n) is 3.37. The van der Waals surface area contributed by atoms with Crippen LogP contribution in [0.5, 0.6) is 0 Å². The average Bonchev–Trinajstić information content (AvgIpc) is 3.35. The number of nitro groups is 1. The van der Waals surface area contributed by atoms with E-state index in [1.807, 2.05) is 12.1 Å². The molecule has 8 heteroatoms. The maximum Gasteiger partial charge on any atom is 0.293 e. The van der Waals surface area contributed by atoms with E-state index in [-0.39, 0.29) is 17.2 Å². The van der Waals surface area contributed by atoms with Crippen LogP contribution in [0.15, 0.2) is 36.5 Å². The second-order valence-corrected chi connectivity index (χ2v) is 7.31. The Morgan fingerprint density at radius 3 is 2.71 bits per heavy atom. The van der Waals surface area contributed by atoms with E-state index in [4.69, 9.17) is 0 Å². The lowest BCUT2D eigenvalue weighted by molar-refractivity contribution is -0.384. The van der Waals surface area contributed by atoms with Gasteiger partial charge in [0.2, 0.25) is 0 Å². The Balaban J connectivity index is 1.42. The number of nitrogens with zero attached hydrogens (tertiary/aromatic N) is 3. The minimum Gasteiger partial charge on any atom is -0.377 e. The largest absolute Gasteiger partial charge is 0.377 e. The quantitative estimate of drug-likeness (QED) is 0.565. The lowest BCUT2D eigenvalue weighted by Crippen LogP contribution is -2.24. The molecule has 2 heterocycles. The zero-order valence-electron chi connectivity index (χ0n) is 15.6. The lowest BCUT2D eigenvalue weighted by Gasteiger charge is -2.17. The first kappa shape index (κ1) is 18.2. The van der Waals surface area contributed by atoms with Crippen LogP contribution < -0.4 is 15.5 Å². The molecule has 8 nitrogen and oxygen atoms in total. The molecule has 1 aliphatic carbocycles. The predicted octanol–water partition coefficient (Wildman–Crippen LogP) is 3.09. The number of aromatic nitrogens is 1. The summed E-state index contributed by atoms with van der Waals surface area (Å²) < 4.78 is 0. The number of carbonyl (C=O) groups is 1. The molecule has 28 heavy (non-hydrogen) atoms. The van der Waals surface area contributed by atoms with Gasteiger partial charge in [0.25, 0.3) is 11.6 Å². The monoisotopic (exact) mass is 381 g/mol. The highest BCUT2D eigenvalue weighted by Gasteiger charge is 2.25. The van der Waals surface area contributed by atoms with Gasteiger partial charge in [0.1, 0.15) is 11.5 Å². The van der Waals surface area contributed by atoms with Gasteiger partial charge in [0.15, 0.2) is 0 Å². The summed E-state index contributed by atoms with van der Waals surface area (Å²) in [5, 5.41) is 17.3. The van der Waals surface area contributed by atoms with Crippen LogP contribution in [0, 0.1) is 10.1 Å². The zero-order chi connectivity index (χ0) is 19.5. The van der Waals surface area contributed by atoms with Crippen molar-refractivity contribution in [3.05, 3.63) is 57.8 Å². The smallest absolute Gasteiger partial charge is 0.293 e. The molecule has 0 atom stereocenters. The predicted molar refractivity (Wildman–Crippen MR) is 107 cm³/mol. The van der Waals surface area contributed by atoms with Crippen LogP contribution in [0.2, 0.25) is 0 Å². The van der Waals surface area contributed by atoms with E-state index in [9.17, 15) is 14.9 Å². The van der Waals surface area contributed by atoms with E-state index in [0.717, 1.165) is 37.3 Å². The van der Waals surface area contributed by atoms with Gasteiger partial charge in [-0.3, -0.25) is 14.9 Å². The normalized spacial score (nSPS) is 16.1. The van der Waals surface area contributed by atoms with Crippen LogP contribution in [-0.4, -0.2) is 34.9 Å². The maximum atomic E-state index is 12.5. The Morgan fingerprint density at radius 2 is 2.00 bits per heavy atom. The second kappa shape index (κ2) is 7.84. The van der Waals surface area contributed by atoms with E-state index in [0.29, 0.717) is 18.3 Å². The molecule has 1 amide bonds. The van der Waals surface area contributed by atoms with Gasteiger partial charge in [-0.25, -0.2) is 4.98 Å². The van der Waals surface area contributed by atoms with Crippen molar-refractivity contribution in [2.75, 3.05) is 23.3 Å². The first-order valence-corrected chi connectivity index (χ1v) is 9.63. The van der Waals surface area contributed by atoms with E-state index in [1.54, 1.807) is 18.3 Å². The Bertz CT molecular complexity index is 891. The third-order valence-corrected chi connectivity index (χ3v) is 5.09. The van der Waals surface area contributed by atoms with Crippen molar-refractivity contribution in [2.24, 2.45) is 0 Å². The summed E-state index contributed by atoms with van der Waals surface area (Å²) in [6, 6.07) is 8.72. The van der Waals surface area contributed by atoms with E-state index < -0.39 is 4.92 Å². The topological polar surface area (TPSA) is 100 Å².